The van der Waals surface area contributed by atoms with E-state index >= 15 is 0 Å². The van der Waals surface area contributed by atoms with Crippen LogP contribution in [-0.2, 0) is 4.74 Å². The number of hydrogen-bond acceptors (Lipinski definition) is 4. The third-order valence-electron chi connectivity index (χ3n) is 5.54. The third kappa shape index (κ3) is 2.33. The fourth-order valence-electron chi connectivity index (χ4n) is 4.51. The van der Waals surface area contributed by atoms with Gasteiger partial charge in [-0.05, 0) is 46.1 Å². The van der Waals surface area contributed by atoms with E-state index in [0.29, 0.717) is 12.1 Å². The van der Waals surface area contributed by atoms with E-state index in [1.54, 1.807) is 0 Å². The average molecular weight is 267 g/mol. The van der Waals surface area contributed by atoms with Crippen molar-refractivity contribution in [3.8, 4) is 0 Å². The van der Waals surface area contributed by atoms with Crippen LogP contribution in [0.5, 0.6) is 0 Å². The maximum atomic E-state index is 6.15. The summed E-state index contributed by atoms with van der Waals surface area (Å²) >= 11 is 0. The second kappa shape index (κ2) is 5.32. The summed E-state index contributed by atoms with van der Waals surface area (Å²) in [5.41, 5.74) is 6.38. The van der Waals surface area contributed by atoms with Crippen molar-refractivity contribution in [2.45, 2.75) is 63.3 Å². The Morgan fingerprint density at radius 1 is 1.32 bits per heavy atom. The van der Waals surface area contributed by atoms with Crippen LogP contribution in [0.3, 0.4) is 0 Å². The largest absolute Gasteiger partial charge is 0.378 e. The van der Waals surface area contributed by atoms with Crippen LogP contribution >= 0.6 is 0 Å². The maximum Gasteiger partial charge on any atom is 0.0611 e. The van der Waals surface area contributed by atoms with Gasteiger partial charge in [-0.1, -0.05) is 0 Å². The van der Waals surface area contributed by atoms with E-state index in [1.165, 1.54) is 32.5 Å². The summed E-state index contributed by atoms with van der Waals surface area (Å²) in [6.07, 6.45) is 5.46. The molecule has 4 nitrogen and oxygen atoms in total. The molecule has 1 saturated carbocycles. The van der Waals surface area contributed by atoms with Gasteiger partial charge in [0.1, 0.15) is 0 Å². The van der Waals surface area contributed by atoms with Crippen LogP contribution in [0.4, 0.5) is 0 Å². The lowest BCUT2D eigenvalue weighted by Gasteiger charge is -2.58. The van der Waals surface area contributed by atoms with Crippen LogP contribution in [0.15, 0.2) is 0 Å². The summed E-state index contributed by atoms with van der Waals surface area (Å²) in [6, 6.07) is 1.42. The standard InChI is InChI=1S/C15H29N3O/c1-3-19-14-7-15(8-14,11-16)18-10-13-5-4-6-17(13)9-12(18)2/h12-14H,3-11,16H2,1-2H3. The predicted octanol–water partition coefficient (Wildman–Crippen LogP) is 1.05. The molecule has 2 N–H and O–H groups in total. The number of rotatable bonds is 4. The maximum absolute atomic E-state index is 6.15. The minimum absolute atomic E-state index is 0.230. The monoisotopic (exact) mass is 267 g/mol. The van der Waals surface area contributed by atoms with Gasteiger partial charge in [0.05, 0.1) is 6.10 Å². The molecule has 0 aromatic heterocycles. The lowest BCUT2D eigenvalue weighted by Crippen LogP contribution is -2.70. The minimum atomic E-state index is 0.230. The van der Waals surface area contributed by atoms with Gasteiger partial charge in [-0.3, -0.25) is 9.80 Å². The van der Waals surface area contributed by atoms with Crippen molar-refractivity contribution in [1.82, 2.24) is 9.80 Å². The van der Waals surface area contributed by atoms with Crippen molar-refractivity contribution < 1.29 is 4.74 Å². The van der Waals surface area contributed by atoms with E-state index in [2.05, 4.69) is 23.6 Å². The normalized spacial score (nSPS) is 44.1. The molecule has 2 atom stereocenters. The Morgan fingerprint density at radius 2 is 2.11 bits per heavy atom. The first kappa shape index (κ1) is 13.8. The topological polar surface area (TPSA) is 41.7 Å². The van der Waals surface area contributed by atoms with Crippen molar-refractivity contribution in [3.05, 3.63) is 0 Å². The number of piperazine rings is 1. The highest BCUT2D eigenvalue weighted by molar-refractivity contribution is 5.08. The van der Waals surface area contributed by atoms with Crippen LogP contribution in [0.2, 0.25) is 0 Å². The van der Waals surface area contributed by atoms with E-state index in [0.717, 1.165) is 32.0 Å². The highest BCUT2D eigenvalue weighted by atomic mass is 16.5. The number of hydrogen-bond donors (Lipinski definition) is 1. The molecule has 0 aromatic rings. The molecule has 0 aromatic carbocycles. The Labute approximate surface area is 117 Å². The second-order valence-corrected chi connectivity index (χ2v) is 6.71. The highest BCUT2D eigenvalue weighted by Gasteiger charge is 2.51. The first-order valence-electron chi connectivity index (χ1n) is 8.01. The molecule has 3 aliphatic rings. The molecule has 2 heterocycles. The molecule has 0 amide bonds. The van der Waals surface area contributed by atoms with Gasteiger partial charge in [0.2, 0.25) is 0 Å². The summed E-state index contributed by atoms with van der Waals surface area (Å²) in [5, 5.41) is 0. The average Bonchev–Trinajstić information content (AvgIpc) is 2.79. The van der Waals surface area contributed by atoms with Crippen molar-refractivity contribution >= 4 is 0 Å². The van der Waals surface area contributed by atoms with E-state index < -0.39 is 0 Å². The van der Waals surface area contributed by atoms with Gasteiger partial charge in [0.15, 0.2) is 0 Å². The molecular formula is C15H29N3O. The van der Waals surface area contributed by atoms with Crippen LogP contribution in [0, 0.1) is 0 Å². The minimum Gasteiger partial charge on any atom is -0.378 e. The SMILES string of the molecule is CCOC1CC(CN)(N2CC3CCCN3CC2C)C1. The Balaban J connectivity index is 1.66. The summed E-state index contributed by atoms with van der Waals surface area (Å²) < 4.78 is 5.75. The van der Waals surface area contributed by atoms with E-state index in [-0.39, 0.29) is 5.54 Å². The molecule has 110 valence electrons. The first-order valence-corrected chi connectivity index (χ1v) is 8.01. The van der Waals surface area contributed by atoms with Gasteiger partial charge in [0.25, 0.3) is 0 Å². The third-order valence-corrected chi connectivity index (χ3v) is 5.54. The molecule has 0 radical (unpaired) electrons. The number of nitrogens with two attached hydrogens (primary N) is 1. The summed E-state index contributed by atoms with van der Waals surface area (Å²) in [7, 11) is 0. The Bertz CT molecular complexity index is 317. The second-order valence-electron chi connectivity index (χ2n) is 6.71. The zero-order valence-electron chi connectivity index (χ0n) is 12.5. The first-order chi connectivity index (χ1) is 9.18. The van der Waals surface area contributed by atoms with Gasteiger partial charge in [-0.15, -0.1) is 0 Å². The van der Waals surface area contributed by atoms with Crippen molar-refractivity contribution in [1.29, 1.82) is 0 Å². The molecule has 3 rings (SSSR count). The summed E-state index contributed by atoms with van der Waals surface area (Å²) in [4.78, 5) is 5.40. The summed E-state index contributed by atoms with van der Waals surface area (Å²) in [5.74, 6) is 0. The van der Waals surface area contributed by atoms with Crippen molar-refractivity contribution in [2.24, 2.45) is 5.73 Å². The van der Waals surface area contributed by atoms with Gasteiger partial charge >= 0.3 is 0 Å². The fourth-order valence-corrected chi connectivity index (χ4v) is 4.51. The van der Waals surface area contributed by atoms with Gasteiger partial charge in [0, 0.05) is 43.9 Å². The molecule has 19 heavy (non-hydrogen) atoms. The molecule has 1 aliphatic carbocycles. The molecule has 3 fully saturated rings. The van der Waals surface area contributed by atoms with Gasteiger partial charge in [-0.25, -0.2) is 0 Å². The van der Waals surface area contributed by atoms with Crippen molar-refractivity contribution in [2.75, 3.05) is 32.8 Å². The number of fused-ring (bicyclic) bond motifs is 1. The summed E-state index contributed by atoms with van der Waals surface area (Å²) in [6.45, 7) is 9.83. The zero-order chi connectivity index (χ0) is 13.5. The zero-order valence-corrected chi connectivity index (χ0v) is 12.5. The van der Waals surface area contributed by atoms with Crippen LogP contribution < -0.4 is 5.73 Å². The predicted molar refractivity (Wildman–Crippen MR) is 77.2 cm³/mol. The smallest absolute Gasteiger partial charge is 0.0611 e. The van der Waals surface area contributed by atoms with Gasteiger partial charge < -0.3 is 10.5 Å². The lowest BCUT2D eigenvalue weighted by atomic mass is 9.71. The number of ether oxygens (including phenoxy) is 1. The van der Waals surface area contributed by atoms with Crippen molar-refractivity contribution in [3.63, 3.8) is 0 Å². The molecule has 2 saturated heterocycles. The molecular weight excluding hydrogens is 238 g/mol. The Kier molecular flexibility index (Phi) is 3.87. The van der Waals surface area contributed by atoms with Crippen LogP contribution in [0.25, 0.3) is 0 Å². The molecule has 2 unspecified atom stereocenters. The lowest BCUT2D eigenvalue weighted by molar-refractivity contribution is -0.130. The highest BCUT2D eigenvalue weighted by Crippen LogP contribution is 2.42. The van der Waals surface area contributed by atoms with E-state index in [4.69, 9.17) is 10.5 Å². The van der Waals surface area contributed by atoms with Gasteiger partial charge in [-0.2, -0.15) is 0 Å². The van der Waals surface area contributed by atoms with Crippen LogP contribution in [-0.4, -0.2) is 66.3 Å². The number of nitrogens with zero attached hydrogens (tertiary/aromatic N) is 2. The molecule has 0 spiro atoms. The Morgan fingerprint density at radius 3 is 2.79 bits per heavy atom. The van der Waals surface area contributed by atoms with E-state index in [9.17, 15) is 0 Å². The quantitative estimate of drug-likeness (QED) is 0.827. The van der Waals surface area contributed by atoms with Crippen LogP contribution in [0.1, 0.15) is 39.5 Å². The molecule has 2 aliphatic heterocycles. The fraction of sp³-hybridized carbons (Fsp3) is 1.00. The Hall–Kier alpha value is -0.160. The van der Waals surface area contributed by atoms with E-state index in [1.807, 2.05) is 0 Å². The molecule has 4 heteroatoms. The molecule has 0 bridgehead atoms.